The lowest BCUT2D eigenvalue weighted by Crippen LogP contribution is -2.63. The van der Waals surface area contributed by atoms with Crippen LogP contribution in [-0.4, -0.2) is 34.9 Å². The highest BCUT2D eigenvalue weighted by Gasteiger charge is 2.58. The highest BCUT2D eigenvalue weighted by molar-refractivity contribution is 5.92. The maximum absolute atomic E-state index is 11.8. The number of nitrogen functional groups attached to an aromatic ring is 1. The van der Waals surface area contributed by atoms with Crippen molar-refractivity contribution < 1.29 is 9.47 Å². The predicted octanol–water partition coefficient (Wildman–Crippen LogP) is 2.95. The molecule has 0 atom stereocenters. The number of ether oxygens (including phenoxy) is 2. The zero-order valence-corrected chi connectivity index (χ0v) is 17.1. The Bertz CT molecular complexity index is 1150. The maximum atomic E-state index is 11.8. The minimum absolute atomic E-state index is 0.0744. The first kappa shape index (κ1) is 18.9. The SMILES string of the molecule is Cn1ccc(OCC23CC(CNc4ccc5c(N)nccc5c4)(CCO2)C3)cc1=O. The molecule has 0 radical (unpaired) electrons. The highest BCUT2D eigenvalue weighted by atomic mass is 16.5. The van der Waals surface area contributed by atoms with Crippen molar-refractivity contribution in [2.24, 2.45) is 12.5 Å². The minimum atomic E-state index is -0.246. The fourth-order valence-electron chi connectivity index (χ4n) is 4.87. The number of aromatic nitrogens is 2. The van der Waals surface area contributed by atoms with Crippen molar-refractivity contribution in [3.63, 3.8) is 0 Å². The summed E-state index contributed by atoms with van der Waals surface area (Å²) in [5, 5.41) is 5.67. The number of pyridine rings is 2. The van der Waals surface area contributed by atoms with Crippen molar-refractivity contribution >= 4 is 22.3 Å². The second-order valence-electron chi connectivity index (χ2n) is 8.72. The lowest BCUT2D eigenvalue weighted by atomic mass is 9.56. The molecule has 2 bridgehead atoms. The molecule has 156 valence electrons. The maximum Gasteiger partial charge on any atom is 0.253 e. The van der Waals surface area contributed by atoms with Gasteiger partial charge >= 0.3 is 0 Å². The van der Waals surface area contributed by atoms with E-state index in [1.54, 1.807) is 19.4 Å². The van der Waals surface area contributed by atoms with E-state index in [0.29, 0.717) is 18.2 Å². The van der Waals surface area contributed by atoms with Crippen molar-refractivity contribution in [3.05, 3.63) is 59.1 Å². The van der Waals surface area contributed by atoms with E-state index in [1.807, 2.05) is 18.2 Å². The molecule has 0 unspecified atom stereocenters. The zero-order valence-electron chi connectivity index (χ0n) is 17.1. The van der Waals surface area contributed by atoms with Gasteiger partial charge in [-0.25, -0.2) is 4.98 Å². The van der Waals surface area contributed by atoms with Gasteiger partial charge < -0.3 is 25.1 Å². The summed E-state index contributed by atoms with van der Waals surface area (Å²) in [4.78, 5) is 15.9. The zero-order chi connectivity index (χ0) is 20.8. The van der Waals surface area contributed by atoms with Crippen molar-refractivity contribution in [1.82, 2.24) is 9.55 Å². The topological polar surface area (TPSA) is 91.4 Å². The third-order valence-corrected chi connectivity index (χ3v) is 6.48. The first-order valence-corrected chi connectivity index (χ1v) is 10.3. The van der Waals surface area contributed by atoms with Crippen LogP contribution in [-0.2, 0) is 11.8 Å². The molecule has 3 fully saturated rings. The predicted molar refractivity (Wildman–Crippen MR) is 117 cm³/mol. The number of fused-ring (bicyclic) bond motifs is 3. The normalized spacial score (nSPS) is 25.0. The molecule has 2 saturated heterocycles. The van der Waals surface area contributed by atoms with Gasteiger partial charge in [0.25, 0.3) is 5.56 Å². The molecule has 1 saturated carbocycles. The molecular weight excluding hydrogens is 380 g/mol. The molecule has 6 rings (SSSR count). The van der Waals surface area contributed by atoms with Crippen molar-refractivity contribution in [1.29, 1.82) is 0 Å². The molecule has 4 heterocycles. The van der Waals surface area contributed by atoms with Crippen molar-refractivity contribution in [2.45, 2.75) is 24.9 Å². The Labute approximate surface area is 174 Å². The van der Waals surface area contributed by atoms with Crippen LogP contribution in [0, 0.1) is 5.41 Å². The standard InChI is InChI=1S/C23H26N4O3/c1-27-8-5-18(11-20(27)28)29-15-23-12-22(13-23,6-9-30-23)14-26-17-2-3-19-16(10-17)4-7-25-21(19)24/h2-5,7-8,10-11,26H,6,9,12-15H2,1H3,(H2,24,25). The van der Waals surface area contributed by atoms with Gasteiger partial charge in [-0.15, -0.1) is 0 Å². The summed E-state index contributed by atoms with van der Waals surface area (Å²) in [6.45, 7) is 2.11. The van der Waals surface area contributed by atoms with Gasteiger partial charge in [-0.1, -0.05) is 0 Å². The first-order chi connectivity index (χ1) is 14.5. The van der Waals surface area contributed by atoms with Crippen LogP contribution in [0.15, 0.2) is 53.6 Å². The van der Waals surface area contributed by atoms with Crippen molar-refractivity contribution in [3.8, 4) is 5.75 Å². The molecule has 0 spiro atoms. The first-order valence-electron chi connectivity index (χ1n) is 10.3. The van der Waals surface area contributed by atoms with E-state index in [2.05, 4.69) is 22.4 Å². The number of hydrogen-bond acceptors (Lipinski definition) is 6. The molecule has 0 amide bonds. The van der Waals surface area contributed by atoms with Gasteiger partial charge in [-0.3, -0.25) is 4.79 Å². The van der Waals surface area contributed by atoms with Gasteiger partial charge in [0.05, 0.1) is 0 Å². The summed E-state index contributed by atoms with van der Waals surface area (Å²) in [5.74, 6) is 1.16. The number of nitrogens with two attached hydrogens (primary N) is 1. The lowest BCUT2D eigenvalue weighted by molar-refractivity contribution is -0.231. The number of hydrogen-bond donors (Lipinski definition) is 2. The molecule has 3 N–H and O–H groups in total. The number of benzene rings is 1. The fourth-order valence-corrected chi connectivity index (χ4v) is 4.87. The van der Waals surface area contributed by atoms with Gasteiger partial charge in [0.1, 0.15) is 23.8 Å². The quantitative estimate of drug-likeness (QED) is 0.654. The number of aryl methyl sites for hydroxylation is 1. The highest BCUT2D eigenvalue weighted by Crippen LogP contribution is 2.56. The van der Waals surface area contributed by atoms with Crippen LogP contribution < -0.4 is 21.3 Å². The Balaban J connectivity index is 1.21. The van der Waals surface area contributed by atoms with Gasteiger partial charge in [-0.2, -0.15) is 0 Å². The minimum Gasteiger partial charge on any atom is -0.490 e. The van der Waals surface area contributed by atoms with E-state index in [4.69, 9.17) is 15.2 Å². The Morgan fingerprint density at radius 2 is 2.13 bits per heavy atom. The molecule has 7 nitrogen and oxygen atoms in total. The Morgan fingerprint density at radius 1 is 1.27 bits per heavy atom. The van der Waals surface area contributed by atoms with Crippen LogP contribution in [0.2, 0.25) is 0 Å². The molecule has 3 aliphatic rings. The number of nitrogens with zero attached hydrogens (tertiary/aromatic N) is 2. The molecule has 2 aromatic heterocycles. The summed E-state index contributed by atoms with van der Waals surface area (Å²) in [5.41, 5.74) is 6.94. The molecule has 2 aliphatic heterocycles. The summed E-state index contributed by atoms with van der Waals surface area (Å²) in [7, 11) is 1.73. The third kappa shape index (κ3) is 3.39. The summed E-state index contributed by atoms with van der Waals surface area (Å²) in [6, 6.07) is 11.5. The summed E-state index contributed by atoms with van der Waals surface area (Å²) in [6.07, 6.45) is 6.42. The molecular formula is C23H26N4O3. The average molecular weight is 406 g/mol. The Kier molecular flexibility index (Phi) is 4.43. The van der Waals surface area contributed by atoms with Crippen LogP contribution in [0.4, 0.5) is 11.5 Å². The van der Waals surface area contributed by atoms with Crippen LogP contribution in [0.5, 0.6) is 5.75 Å². The summed E-state index contributed by atoms with van der Waals surface area (Å²) < 4.78 is 13.5. The van der Waals surface area contributed by atoms with Gasteiger partial charge in [0.2, 0.25) is 0 Å². The van der Waals surface area contributed by atoms with Gasteiger partial charge in [0.15, 0.2) is 0 Å². The average Bonchev–Trinajstić information content (AvgIpc) is 2.73. The number of anilines is 2. The monoisotopic (exact) mass is 406 g/mol. The number of rotatable bonds is 6. The Morgan fingerprint density at radius 3 is 2.97 bits per heavy atom. The number of nitrogens with one attached hydrogen (secondary N) is 1. The van der Waals surface area contributed by atoms with E-state index in [0.717, 1.165) is 48.9 Å². The van der Waals surface area contributed by atoms with Crippen LogP contribution >= 0.6 is 0 Å². The summed E-state index contributed by atoms with van der Waals surface area (Å²) >= 11 is 0. The van der Waals surface area contributed by atoms with E-state index in [9.17, 15) is 4.79 Å². The van der Waals surface area contributed by atoms with Crippen LogP contribution in [0.3, 0.4) is 0 Å². The molecule has 1 aromatic carbocycles. The fraction of sp³-hybridized carbons (Fsp3) is 0.391. The van der Waals surface area contributed by atoms with Gasteiger partial charge in [-0.05, 0) is 60.4 Å². The smallest absolute Gasteiger partial charge is 0.253 e. The lowest BCUT2D eigenvalue weighted by Gasteiger charge is -2.59. The van der Waals surface area contributed by atoms with Gasteiger partial charge in [0, 0.05) is 49.7 Å². The Hall–Kier alpha value is -3.06. The van der Waals surface area contributed by atoms with Crippen LogP contribution in [0.1, 0.15) is 19.3 Å². The second kappa shape index (κ2) is 7.02. The van der Waals surface area contributed by atoms with Crippen LogP contribution in [0.25, 0.3) is 10.8 Å². The van der Waals surface area contributed by atoms with E-state index in [1.165, 1.54) is 10.6 Å². The second-order valence-corrected chi connectivity index (χ2v) is 8.72. The van der Waals surface area contributed by atoms with E-state index in [-0.39, 0.29) is 16.6 Å². The molecule has 1 aliphatic carbocycles. The van der Waals surface area contributed by atoms with E-state index < -0.39 is 0 Å². The molecule has 3 aromatic rings. The largest absolute Gasteiger partial charge is 0.490 e. The molecule has 7 heteroatoms. The molecule has 30 heavy (non-hydrogen) atoms. The third-order valence-electron chi connectivity index (χ3n) is 6.48. The van der Waals surface area contributed by atoms with Crippen molar-refractivity contribution in [2.75, 3.05) is 30.8 Å². The van der Waals surface area contributed by atoms with E-state index >= 15 is 0 Å².